The molecule has 1 heterocycles. The van der Waals surface area contributed by atoms with Crippen molar-refractivity contribution in [3.8, 4) is 0 Å². The minimum atomic E-state index is -0.300. The normalized spacial score (nSPS) is 11.5. The molecule has 0 aliphatic carbocycles. The van der Waals surface area contributed by atoms with Gasteiger partial charge in [0.05, 0.1) is 19.1 Å². The van der Waals surface area contributed by atoms with Gasteiger partial charge in [0.15, 0.2) is 0 Å². The molecule has 6 heteroatoms. The van der Waals surface area contributed by atoms with Crippen molar-refractivity contribution in [3.63, 3.8) is 0 Å². The molecule has 6 nitrogen and oxygen atoms in total. The molecule has 0 bridgehead atoms. The number of pyridine rings is 1. The number of hydrogen-bond donors (Lipinski definition) is 2. The number of hydrogen-bond acceptors (Lipinski definition) is 4. The topological polar surface area (TPSA) is 80.3 Å². The molecule has 1 aromatic heterocycles. The van der Waals surface area contributed by atoms with Crippen LogP contribution in [0.4, 0.5) is 10.5 Å². The number of carbonyl (C=O) groups is 2. The van der Waals surface area contributed by atoms with Crippen LogP contribution in [0.1, 0.15) is 36.7 Å². The van der Waals surface area contributed by atoms with Crippen LogP contribution in [-0.4, -0.2) is 23.6 Å². The number of nitrogens with zero attached hydrogens (tertiary/aromatic N) is 1. The Hall–Kier alpha value is -2.89. The van der Waals surface area contributed by atoms with Crippen molar-refractivity contribution in [2.75, 3.05) is 11.9 Å². The molecule has 2 N–H and O–H groups in total. The van der Waals surface area contributed by atoms with Gasteiger partial charge in [-0.25, -0.2) is 4.79 Å². The third-order valence-corrected chi connectivity index (χ3v) is 3.65. The number of carbonyl (C=O) groups excluding carboxylic acids is 2. The van der Waals surface area contributed by atoms with Crippen LogP contribution in [0, 0.1) is 6.92 Å². The van der Waals surface area contributed by atoms with E-state index in [1.165, 1.54) is 0 Å². The number of urea groups is 1. The van der Waals surface area contributed by atoms with E-state index >= 15 is 0 Å². The fourth-order valence-electron chi connectivity index (χ4n) is 2.27. The fourth-order valence-corrected chi connectivity index (χ4v) is 2.27. The van der Waals surface area contributed by atoms with Crippen LogP contribution in [0.25, 0.3) is 0 Å². The van der Waals surface area contributed by atoms with Crippen molar-refractivity contribution in [2.24, 2.45) is 0 Å². The molecule has 0 aliphatic heterocycles. The second-order valence-corrected chi connectivity index (χ2v) is 5.73. The second kappa shape index (κ2) is 8.82. The Morgan fingerprint density at radius 2 is 1.88 bits per heavy atom. The number of rotatable bonds is 6. The summed E-state index contributed by atoms with van der Waals surface area (Å²) in [6.07, 6.45) is 1.97. The number of aromatic nitrogens is 1. The van der Waals surface area contributed by atoms with Gasteiger partial charge in [-0.2, -0.15) is 0 Å². The smallest absolute Gasteiger partial charge is 0.319 e. The molecule has 2 aromatic rings. The number of nitrogens with one attached hydrogen (secondary N) is 2. The number of aryl methyl sites for hydroxylation is 1. The lowest BCUT2D eigenvalue weighted by Crippen LogP contribution is -2.31. The van der Waals surface area contributed by atoms with Crippen LogP contribution in [0.3, 0.4) is 0 Å². The Labute approximate surface area is 147 Å². The monoisotopic (exact) mass is 341 g/mol. The first kappa shape index (κ1) is 18.4. The lowest BCUT2D eigenvalue weighted by Gasteiger charge is -2.15. The van der Waals surface area contributed by atoms with Gasteiger partial charge in [0.25, 0.3) is 0 Å². The highest BCUT2D eigenvalue weighted by Gasteiger charge is 2.10. The van der Waals surface area contributed by atoms with Crippen LogP contribution in [0.2, 0.25) is 0 Å². The summed E-state index contributed by atoms with van der Waals surface area (Å²) >= 11 is 0. The predicted molar refractivity (Wildman–Crippen MR) is 96.3 cm³/mol. The molecular weight excluding hydrogens is 318 g/mol. The molecule has 132 valence electrons. The highest BCUT2D eigenvalue weighted by molar-refractivity contribution is 5.89. The standard InChI is InChI=1S/C19H23N3O3/c1-4-25-18(23)11-15-6-9-17(10-7-15)22-19(24)21-14(3)16-8-5-13(2)20-12-16/h5-10,12,14H,4,11H2,1-3H3,(H2,21,22,24). The van der Waals surface area contributed by atoms with Gasteiger partial charge >= 0.3 is 12.0 Å². The van der Waals surface area contributed by atoms with Gasteiger partial charge in [0.2, 0.25) is 0 Å². The lowest BCUT2D eigenvalue weighted by atomic mass is 10.1. The van der Waals surface area contributed by atoms with Crippen molar-refractivity contribution < 1.29 is 14.3 Å². The van der Waals surface area contributed by atoms with E-state index in [4.69, 9.17) is 4.74 Å². The van der Waals surface area contributed by atoms with E-state index in [0.29, 0.717) is 12.3 Å². The largest absolute Gasteiger partial charge is 0.466 e. The number of esters is 1. The lowest BCUT2D eigenvalue weighted by molar-refractivity contribution is -0.142. The quantitative estimate of drug-likeness (QED) is 0.789. The van der Waals surface area contributed by atoms with Crippen molar-refractivity contribution in [3.05, 3.63) is 59.4 Å². The van der Waals surface area contributed by atoms with Gasteiger partial charge in [-0.3, -0.25) is 9.78 Å². The van der Waals surface area contributed by atoms with E-state index in [9.17, 15) is 9.59 Å². The average molecular weight is 341 g/mol. The first-order valence-corrected chi connectivity index (χ1v) is 8.22. The average Bonchev–Trinajstić information content (AvgIpc) is 2.57. The zero-order valence-corrected chi connectivity index (χ0v) is 14.7. The van der Waals surface area contributed by atoms with Crippen molar-refractivity contribution in [1.82, 2.24) is 10.3 Å². The summed E-state index contributed by atoms with van der Waals surface area (Å²) < 4.78 is 4.91. The van der Waals surface area contributed by atoms with E-state index < -0.39 is 0 Å². The van der Waals surface area contributed by atoms with E-state index in [-0.39, 0.29) is 24.5 Å². The van der Waals surface area contributed by atoms with Gasteiger partial charge in [-0.05, 0) is 50.1 Å². The SMILES string of the molecule is CCOC(=O)Cc1ccc(NC(=O)NC(C)c2ccc(C)nc2)cc1. The van der Waals surface area contributed by atoms with Crippen molar-refractivity contribution in [1.29, 1.82) is 0 Å². The van der Waals surface area contributed by atoms with Crippen LogP contribution >= 0.6 is 0 Å². The Morgan fingerprint density at radius 3 is 2.48 bits per heavy atom. The van der Waals surface area contributed by atoms with Crippen LogP contribution in [0.15, 0.2) is 42.6 Å². The molecule has 0 saturated carbocycles. The maximum atomic E-state index is 12.1. The number of anilines is 1. The zero-order chi connectivity index (χ0) is 18.2. The van der Waals surface area contributed by atoms with Gasteiger partial charge < -0.3 is 15.4 Å². The minimum absolute atomic E-state index is 0.156. The number of ether oxygens (including phenoxy) is 1. The van der Waals surface area contributed by atoms with Gasteiger partial charge in [0.1, 0.15) is 0 Å². The van der Waals surface area contributed by atoms with Crippen LogP contribution < -0.4 is 10.6 Å². The molecule has 1 atom stereocenters. The Balaban J connectivity index is 1.87. The molecule has 25 heavy (non-hydrogen) atoms. The summed E-state index contributed by atoms with van der Waals surface area (Å²) in [6.45, 7) is 5.96. The van der Waals surface area contributed by atoms with E-state index in [2.05, 4.69) is 15.6 Å². The molecule has 1 aromatic carbocycles. The third-order valence-electron chi connectivity index (χ3n) is 3.65. The van der Waals surface area contributed by atoms with E-state index in [1.54, 1.807) is 37.4 Å². The summed E-state index contributed by atoms with van der Waals surface area (Å²) in [6, 6.07) is 10.5. The summed E-state index contributed by atoms with van der Waals surface area (Å²) in [7, 11) is 0. The summed E-state index contributed by atoms with van der Waals surface area (Å²) in [4.78, 5) is 27.8. The highest BCUT2D eigenvalue weighted by atomic mass is 16.5. The third kappa shape index (κ3) is 5.91. The molecule has 0 aliphatic rings. The minimum Gasteiger partial charge on any atom is -0.466 e. The fraction of sp³-hybridized carbons (Fsp3) is 0.316. The van der Waals surface area contributed by atoms with Crippen LogP contribution in [0.5, 0.6) is 0 Å². The Morgan fingerprint density at radius 1 is 1.16 bits per heavy atom. The molecule has 0 spiro atoms. The van der Waals surface area contributed by atoms with Gasteiger partial charge in [-0.15, -0.1) is 0 Å². The molecule has 0 fully saturated rings. The summed E-state index contributed by atoms with van der Waals surface area (Å²) in [5.41, 5.74) is 3.36. The Bertz CT molecular complexity index is 712. The molecular formula is C19H23N3O3. The molecule has 0 radical (unpaired) electrons. The number of amides is 2. The molecule has 2 rings (SSSR count). The zero-order valence-electron chi connectivity index (χ0n) is 14.7. The maximum absolute atomic E-state index is 12.1. The van der Waals surface area contributed by atoms with Crippen molar-refractivity contribution in [2.45, 2.75) is 33.2 Å². The van der Waals surface area contributed by atoms with Gasteiger partial charge in [0, 0.05) is 17.6 Å². The first-order chi connectivity index (χ1) is 12.0. The van der Waals surface area contributed by atoms with Crippen LogP contribution in [-0.2, 0) is 16.0 Å². The molecule has 2 amide bonds. The first-order valence-electron chi connectivity index (χ1n) is 8.22. The van der Waals surface area contributed by atoms with Crippen molar-refractivity contribution >= 4 is 17.7 Å². The predicted octanol–water partition coefficient (Wildman–Crippen LogP) is 3.38. The summed E-state index contributed by atoms with van der Waals surface area (Å²) in [5.74, 6) is -0.263. The second-order valence-electron chi connectivity index (χ2n) is 5.73. The maximum Gasteiger partial charge on any atom is 0.319 e. The molecule has 1 unspecified atom stereocenters. The summed E-state index contributed by atoms with van der Waals surface area (Å²) in [5, 5.41) is 5.64. The van der Waals surface area contributed by atoms with Gasteiger partial charge in [-0.1, -0.05) is 18.2 Å². The highest BCUT2D eigenvalue weighted by Crippen LogP contribution is 2.13. The Kier molecular flexibility index (Phi) is 6.51. The molecule has 0 saturated heterocycles. The van der Waals surface area contributed by atoms with E-state index in [0.717, 1.165) is 16.8 Å². The van der Waals surface area contributed by atoms with E-state index in [1.807, 2.05) is 26.0 Å². The number of benzene rings is 1.